The van der Waals surface area contributed by atoms with E-state index in [9.17, 15) is 9.59 Å². The first-order valence-corrected chi connectivity index (χ1v) is 10.2. The molecule has 0 unspecified atom stereocenters. The number of benzene rings is 1. The molecule has 0 saturated carbocycles. The Kier molecular flexibility index (Phi) is 6.26. The molecule has 0 bridgehead atoms. The van der Waals surface area contributed by atoms with Crippen LogP contribution in [0.2, 0.25) is 0 Å². The molecular weight excluding hydrogens is 398 g/mol. The third-order valence-electron chi connectivity index (χ3n) is 5.25. The van der Waals surface area contributed by atoms with Gasteiger partial charge in [-0.25, -0.2) is 9.59 Å². The van der Waals surface area contributed by atoms with E-state index in [2.05, 4.69) is 10.2 Å². The number of furan rings is 2. The number of carbonyl (C=O) groups is 2. The second kappa shape index (κ2) is 9.42. The second-order valence-corrected chi connectivity index (χ2v) is 7.36. The average molecular weight is 423 g/mol. The molecule has 162 valence electrons. The quantitative estimate of drug-likeness (QED) is 0.563. The van der Waals surface area contributed by atoms with Gasteiger partial charge in [-0.15, -0.1) is 0 Å². The maximum atomic E-state index is 13.3. The third-order valence-corrected chi connectivity index (χ3v) is 5.25. The van der Waals surface area contributed by atoms with Crippen molar-refractivity contribution >= 4 is 23.4 Å². The van der Waals surface area contributed by atoms with Crippen LogP contribution >= 0.6 is 0 Å². The summed E-state index contributed by atoms with van der Waals surface area (Å²) < 4.78 is 15.7. The lowest BCUT2D eigenvalue weighted by Crippen LogP contribution is -2.34. The number of urea groups is 1. The summed E-state index contributed by atoms with van der Waals surface area (Å²) in [5.41, 5.74) is 1.83. The van der Waals surface area contributed by atoms with E-state index in [-0.39, 0.29) is 19.1 Å². The van der Waals surface area contributed by atoms with Crippen molar-refractivity contribution in [2.75, 3.05) is 30.4 Å². The summed E-state index contributed by atoms with van der Waals surface area (Å²) in [6.07, 6.45) is 5.33. The van der Waals surface area contributed by atoms with Gasteiger partial charge in [-0.1, -0.05) is 0 Å². The van der Waals surface area contributed by atoms with Crippen molar-refractivity contribution in [3.63, 3.8) is 0 Å². The zero-order valence-electron chi connectivity index (χ0n) is 17.4. The summed E-state index contributed by atoms with van der Waals surface area (Å²) in [6.45, 7) is 2.36. The predicted molar refractivity (Wildman–Crippen MR) is 115 cm³/mol. The van der Waals surface area contributed by atoms with E-state index >= 15 is 0 Å². The molecule has 2 aromatic heterocycles. The van der Waals surface area contributed by atoms with Gasteiger partial charge < -0.3 is 28.7 Å². The summed E-state index contributed by atoms with van der Waals surface area (Å²) in [6, 6.07) is 12.1. The summed E-state index contributed by atoms with van der Waals surface area (Å²) in [7, 11) is 1.34. The van der Waals surface area contributed by atoms with Crippen LogP contribution in [0.1, 0.15) is 34.7 Å². The SMILES string of the molecule is COC(=O)c1ccc(N2CCCC2)c(NC(=O)N(Cc2ccco2)Cc2ccco2)c1. The normalized spacial score (nSPS) is 13.3. The largest absolute Gasteiger partial charge is 0.467 e. The first kappa shape index (κ1) is 20.6. The lowest BCUT2D eigenvalue weighted by atomic mass is 10.1. The van der Waals surface area contributed by atoms with Crippen molar-refractivity contribution in [2.45, 2.75) is 25.9 Å². The Balaban J connectivity index is 1.60. The van der Waals surface area contributed by atoms with Gasteiger partial charge >= 0.3 is 12.0 Å². The fourth-order valence-electron chi connectivity index (χ4n) is 3.69. The van der Waals surface area contributed by atoms with Crippen LogP contribution in [-0.2, 0) is 17.8 Å². The maximum absolute atomic E-state index is 13.3. The Morgan fingerprint density at radius 3 is 2.23 bits per heavy atom. The predicted octanol–water partition coefficient (Wildman–Crippen LogP) is 4.49. The van der Waals surface area contributed by atoms with Crippen LogP contribution in [0.3, 0.4) is 0 Å². The Morgan fingerprint density at radius 1 is 1.03 bits per heavy atom. The number of esters is 1. The van der Waals surface area contributed by atoms with Crippen LogP contribution in [0.5, 0.6) is 0 Å². The fraction of sp³-hybridized carbons (Fsp3) is 0.304. The molecule has 0 aliphatic carbocycles. The van der Waals surface area contributed by atoms with Gasteiger partial charge in [0.05, 0.1) is 49.7 Å². The highest BCUT2D eigenvalue weighted by atomic mass is 16.5. The topological polar surface area (TPSA) is 88.2 Å². The van der Waals surface area contributed by atoms with E-state index in [1.807, 2.05) is 18.2 Å². The van der Waals surface area contributed by atoms with Crippen molar-refractivity contribution in [3.05, 3.63) is 72.1 Å². The molecule has 8 heteroatoms. The number of hydrogen-bond acceptors (Lipinski definition) is 6. The van der Waals surface area contributed by atoms with Crippen LogP contribution in [0, 0.1) is 0 Å². The molecule has 8 nitrogen and oxygen atoms in total. The van der Waals surface area contributed by atoms with Gasteiger partial charge in [-0.05, 0) is 55.3 Å². The van der Waals surface area contributed by atoms with Crippen molar-refractivity contribution in [1.29, 1.82) is 0 Å². The van der Waals surface area contributed by atoms with E-state index < -0.39 is 5.97 Å². The molecule has 0 spiro atoms. The zero-order chi connectivity index (χ0) is 21.6. The molecule has 0 radical (unpaired) electrons. The maximum Gasteiger partial charge on any atom is 0.337 e. The molecule has 3 heterocycles. The van der Waals surface area contributed by atoms with E-state index in [1.54, 1.807) is 41.7 Å². The monoisotopic (exact) mass is 423 g/mol. The molecule has 2 amide bonds. The Hall–Kier alpha value is -3.68. The van der Waals surface area contributed by atoms with Crippen LogP contribution in [-0.4, -0.2) is 37.1 Å². The molecule has 1 aliphatic heterocycles. The highest BCUT2D eigenvalue weighted by Crippen LogP contribution is 2.31. The smallest absolute Gasteiger partial charge is 0.337 e. The van der Waals surface area contributed by atoms with Gasteiger partial charge in [0.1, 0.15) is 11.5 Å². The van der Waals surface area contributed by atoms with Crippen molar-refractivity contribution in [1.82, 2.24) is 4.90 Å². The number of hydrogen-bond donors (Lipinski definition) is 1. The highest BCUT2D eigenvalue weighted by molar-refractivity contribution is 5.97. The summed E-state index contributed by atoms with van der Waals surface area (Å²) >= 11 is 0. The number of amides is 2. The van der Waals surface area contributed by atoms with Gasteiger partial charge in [0.25, 0.3) is 0 Å². The molecule has 1 saturated heterocycles. The van der Waals surface area contributed by atoms with E-state index in [4.69, 9.17) is 13.6 Å². The Labute approximate surface area is 180 Å². The number of carbonyl (C=O) groups excluding carboxylic acids is 2. The molecule has 3 aromatic rings. The first-order valence-electron chi connectivity index (χ1n) is 10.2. The summed E-state index contributed by atoms with van der Waals surface area (Å²) in [4.78, 5) is 29.1. The highest BCUT2D eigenvalue weighted by Gasteiger charge is 2.22. The Morgan fingerprint density at radius 2 is 1.68 bits per heavy atom. The fourth-order valence-corrected chi connectivity index (χ4v) is 3.69. The standard InChI is InChI=1S/C23H25N3O5/c1-29-22(27)17-8-9-21(25-10-2-3-11-25)20(14-17)24-23(28)26(15-18-6-4-12-30-18)16-19-7-5-13-31-19/h4-9,12-14H,2-3,10-11,15-16H2,1H3,(H,24,28). The molecule has 1 N–H and O–H groups in total. The van der Waals surface area contributed by atoms with Gasteiger partial charge in [0.2, 0.25) is 0 Å². The number of rotatable bonds is 7. The van der Waals surface area contributed by atoms with Gasteiger partial charge in [0.15, 0.2) is 0 Å². The molecule has 1 aromatic carbocycles. The number of nitrogens with zero attached hydrogens (tertiary/aromatic N) is 2. The molecule has 0 atom stereocenters. The van der Waals surface area contributed by atoms with Gasteiger partial charge in [0, 0.05) is 13.1 Å². The lowest BCUT2D eigenvalue weighted by molar-refractivity contribution is 0.0600. The van der Waals surface area contributed by atoms with E-state index in [0.717, 1.165) is 31.6 Å². The first-order chi connectivity index (χ1) is 15.1. The minimum absolute atomic E-state index is 0.273. The molecule has 1 aliphatic rings. The average Bonchev–Trinajstić information content (AvgIpc) is 3.56. The third kappa shape index (κ3) is 4.91. The molecule has 4 rings (SSSR count). The number of methoxy groups -OCH3 is 1. The van der Waals surface area contributed by atoms with Crippen molar-refractivity contribution in [2.24, 2.45) is 0 Å². The molecule has 1 fully saturated rings. The van der Waals surface area contributed by atoms with Crippen molar-refractivity contribution < 1.29 is 23.2 Å². The van der Waals surface area contributed by atoms with E-state index in [0.29, 0.717) is 22.8 Å². The van der Waals surface area contributed by atoms with Gasteiger partial charge in [-0.2, -0.15) is 0 Å². The number of nitrogens with one attached hydrogen (secondary N) is 1. The van der Waals surface area contributed by atoms with Crippen LogP contribution in [0.25, 0.3) is 0 Å². The van der Waals surface area contributed by atoms with Crippen molar-refractivity contribution in [3.8, 4) is 0 Å². The van der Waals surface area contributed by atoms with Crippen LogP contribution < -0.4 is 10.2 Å². The zero-order valence-corrected chi connectivity index (χ0v) is 17.4. The minimum atomic E-state index is -0.452. The van der Waals surface area contributed by atoms with Gasteiger partial charge in [-0.3, -0.25) is 0 Å². The second-order valence-electron chi connectivity index (χ2n) is 7.36. The summed E-state index contributed by atoms with van der Waals surface area (Å²) in [5, 5.41) is 2.99. The lowest BCUT2D eigenvalue weighted by Gasteiger charge is -2.25. The molecular formula is C23H25N3O5. The van der Waals surface area contributed by atoms with Crippen LogP contribution in [0.4, 0.5) is 16.2 Å². The van der Waals surface area contributed by atoms with E-state index in [1.165, 1.54) is 7.11 Å². The molecule has 31 heavy (non-hydrogen) atoms. The van der Waals surface area contributed by atoms with Crippen LogP contribution in [0.15, 0.2) is 63.8 Å². The minimum Gasteiger partial charge on any atom is -0.467 e. The summed E-state index contributed by atoms with van der Waals surface area (Å²) in [5.74, 6) is 0.862. The number of anilines is 2. The Bertz CT molecular complexity index is 972. The number of ether oxygens (including phenoxy) is 1.